The second-order valence-electron chi connectivity index (χ2n) is 6.42. The van der Waals surface area contributed by atoms with Gasteiger partial charge in [0.15, 0.2) is 0 Å². The highest BCUT2D eigenvalue weighted by Crippen LogP contribution is 2.28. The Kier molecular flexibility index (Phi) is 3.77. The van der Waals surface area contributed by atoms with Crippen LogP contribution >= 0.6 is 0 Å². The van der Waals surface area contributed by atoms with Crippen molar-refractivity contribution < 1.29 is 5.11 Å². The molecule has 0 radical (unpaired) electrons. The van der Waals surface area contributed by atoms with Crippen LogP contribution in [0.25, 0.3) is 11.1 Å². The molecule has 0 unspecified atom stereocenters. The SMILES string of the molecule is Cc1ccccc1-c1c(O)n(CC(C)(C)C)c(=O)[nH]c1=O. The van der Waals surface area contributed by atoms with E-state index in [4.69, 9.17) is 0 Å². The van der Waals surface area contributed by atoms with Gasteiger partial charge in [0.25, 0.3) is 5.56 Å². The fourth-order valence-electron chi connectivity index (χ4n) is 2.28. The molecule has 0 saturated carbocycles. The number of nitrogens with one attached hydrogen (secondary N) is 1. The van der Waals surface area contributed by atoms with Crippen LogP contribution < -0.4 is 11.2 Å². The number of nitrogens with zero attached hydrogens (tertiary/aromatic N) is 1. The van der Waals surface area contributed by atoms with E-state index in [-0.39, 0.29) is 16.9 Å². The first-order valence-electron chi connectivity index (χ1n) is 6.83. The lowest BCUT2D eigenvalue weighted by molar-refractivity contribution is 0.301. The molecule has 1 heterocycles. The Hall–Kier alpha value is -2.30. The van der Waals surface area contributed by atoms with Crippen LogP contribution in [0.15, 0.2) is 33.9 Å². The summed E-state index contributed by atoms with van der Waals surface area (Å²) in [6.07, 6.45) is 0. The minimum atomic E-state index is -0.593. The van der Waals surface area contributed by atoms with Crippen molar-refractivity contribution in [1.29, 1.82) is 0 Å². The Bertz CT molecular complexity index is 779. The second kappa shape index (κ2) is 5.24. The molecule has 0 fully saturated rings. The summed E-state index contributed by atoms with van der Waals surface area (Å²) in [6, 6.07) is 7.26. The Morgan fingerprint density at radius 1 is 1.19 bits per heavy atom. The number of H-pyrrole nitrogens is 1. The molecule has 5 heteroatoms. The van der Waals surface area contributed by atoms with Crippen molar-refractivity contribution in [2.75, 3.05) is 0 Å². The van der Waals surface area contributed by atoms with Gasteiger partial charge in [-0.05, 0) is 23.5 Å². The fourth-order valence-corrected chi connectivity index (χ4v) is 2.28. The van der Waals surface area contributed by atoms with Crippen LogP contribution in [0.5, 0.6) is 5.88 Å². The van der Waals surface area contributed by atoms with E-state index in [1.54, 1.807) is 12.1 Å². The maximum absolute atomic E-state index is 12.1. The molecule has 0 atom stereocenters. The summed E-state index contributed by atoms with van der Waals surface area (Å²) in [5, 5.41) is 10.4. The summed E-state index contributed by atoms with van der Waals surface area (Å²) in [5.41, 5.74) is 0.250. The van der Waals surface area contributed by atoms with Crippen LogP contribution in [0.4, 0.5) is 0 Å². The number of hydrogen-bond donors (Lipinski definition) is 2. The number of hydrogen-bond acceptors (Lipinski definition) is 3. The molecule has 0 aliphatic rings. The number of rotatable bonds is 2. The van der Waals surface area contributed by atoms with Crippen molar-refractivity contribution in [2.24, 2.45) is 5.41 Å². The fraction of sp³-hybridized carbons (Fsp3) is 0.375. The van der Waals surface area contributed by atoms with Crippen LogP contribution in [-0.4, -0.2) is 14.7 Å². The Morgan fingerprint density at radius 2 is 1.81 bits per heavy atom. The average molecular weight is 288 g/mol. The van der Waals surface area contributed by atoms with E-state index in [1.807, 2.05) is 39.8 Å². The van der Waals surface area contributed by atoms with Crippen molar-refractivity contribution in [2.45, 2.75) is 34.2 Å². The highest BCUT2D eigenvalue weighted by Gasteiger charge is 2.20. The van der Waals surface area contributed by atoms with Crippen LogP contribution in [-0.2, 0) is 6.54 Å². The van der Waals surface area contributed by atoms with Gasteiger partial charge >= 0.3 is 5.69 Å². The lowest BCUT2D eigenvalue weighted by atomic mass is 9.96. The standard InChI is InChI=1S/C16H20N2O3/c1-10-7-5-6-8-11(10)12-13(19)17-15(21)18(14(12)20)9-16(2,3)4/h5-8,20H,9H2,1-4H3,(H,17,19,21). The first kappa shape index (κ1) is 15.1. The minimum absolute atomic E-state index is 0.136. The molecule has 1 aromatic heterocycles. The number of aromatic hydroxyl groups is 1. The Labute approximate surface area is 122 Å². The van der Waals surface area contributed by atoms with Crippen LogP contribution in [0.1, 0.15) is 26.3 Å². The molecule has 1 aromatic carbocycles. The summed E-state index contributed by atoms with van der Waals surface area (Å²) in [6.45, 7) is 8.03. The summed E-state index contributed by atoms with van der Waals surface area (Å²) in [5.74, 6) is -0.284. The molecule has 21 heavy (non-hydrogen) atoms. The van der Waals surface area contributed by atoms with Crippen LogP contribution in [0, 0.1) is 12.3 Å². The van der Waals surface area contributed by atoms with E-state index in [0.29, 0.717) is 12.1 Å². The summed E-state index contributed by atoms with van der Waals surface area (Å²) in [4.78, 5) is 26.3. The molecule has 0 bridgehead atoms. The number of aromatic nitrogens is 2. The maximum Gasteiger partial charge on any atom is 0.331 e. The number of aromatic amines is 1. The summed E-state index contributed by atoms with van der Waals surface area (Å²) in [7, 11) is 0. The normalized spacial score (nSPS) is 11.6. The largest absolute Gasteiger partial charge is 0.494 e. The van der Waals surface area contributed by atoms with Gasteiger partial charge in [0.1, 0.15) is 5.56 Å². The Morgan fingerprint density at radius 3 is 2.38 bits per heavy atom. The van der Waals surface area contributed by atoms with Crippen LogP contribution in [0.3, 0.4) is 0 Å². The summed E-state index contributed by atoms with van der Waals surface area (Å²) < 4.78 is 1.21. The van der Waals surface area contributed by atoms with Crippen molar-refractivity contribution in [1.82, 2.24) is 9.55 Å². The van der Waals surface area contributed by atoms with E-state index in [2.05, 4.69) is 4.98 Å². The maximum atomic E-state index is 12.1. The van der Waals surface area contributed by atoms with Gasteiger partial charge in [0, 0.05) is 6.54 Å². The zero-order valence-corrected chi connectivity index (χ0v) is 12.7. The molecule has 0 spiro atoms. The molecule has 2 N–H and O–H groups in total. The van der Waals surface area contributed by atoms with Crippen molar-refractivity contribution >= 4 is 0 Å². The molecule has 0 aliphatic carbocycles. The van der Waals surface area contributed by atoms with E-state index in [9.17, 15) is 14.7 Å². The van der Waals surface area contributed by atoms with E-state index >= 15 is 0 Å². The lowest BCUT2D eigenvalue weighted by Gasteiger charge is -2.21. The van der Waals surface area contributed by atoms with Gasteiger partial charge in [-0.15, -0.1) is 0 Å². The molecule has 0 aliphatic heterocycles. The van der Waals surface area contributed by atoms with Gasteiger partial charge in [-0.25, -0.2) is 4.79 Å². The lowest BCUT2D eigenvalue weighted by Crippen LogP contribution is -2.34. The summed E-state index contributed by atoms with van der Waals surface area (Å²) >= 11 is 0. The first-order chi connectivity index (χ1) is 9.70. The molecule has 2 aromatic rings. The average Bonchev–Trinajstić information content (AvgIpc) is 2.35. The topological polar surface area (TPSA) is 75.1 Å². The Balaban J connectivity index is 2.74. The molecule has 112 valence electrons. The van der Waals surface area contributed by atoms with E-state index < -0.39 is 11.2 Å². The molecular formula is C16H20N2O3. The quantitative estimate of drug-likeness (QED) is 0.890. The highest BCUT2D eigenvalue weighted by atomic mass is 16.3. The zero-order chi connectivity index (χ0) is 15.8. The molecule has 0 saturated heterocycles. The zero-order valence-electron chi connectivity index (χ0n) is 12.7. The first-order valence-corrected chi connectivity index (χ1v) is 6.83. The van der Waals surface area contributed by atoms with Gasteiger partial charge in [-0.1, -0.05) is 45.0 Å². The third kappa shape index (κ3) is 3.07. The molecular weight excluding hydrogens is 268 g/mol. The molecule has 0 amide bonds. The van der Waals surface area contributed by atoms with Gasteiger partial charge in [-0.2, -0.15) is 0 Å². The van der Waals surface area contributed by atoms with E-state index in [1.165, 1.54) is 4.57 Å². The third-order valence-corrected chi connectivity index (χ3v) is 3.22. The van der Waals surface area contributed by atoms with Gasteiger partial charge in [0.2, 0.25) is 5.88 Å². The monoisotopic (exact) mass is 288 g/mol. The van der Waals surface area contributed by atoms with Crippen LogP contribution in [0.2, 0.25) is 0 Å². The smallest absolute Gasteiger partial charge is 0.331 e. The van der Waals surface area contributed by atoms with Gasteiger partial charge in [0.05, 0.1) is 0 Å². The van der Waals surface area contributed by atoms with Gasteiger partial charge < -0.3 is 5.11 Å². The van der Waals surface area contributed by atoms with Gasteiger partial charge in [-0.3, -0.25) is 14.3 Å². The second-order valence-corrected chi connectivity index (χ2v) is 6.42. The third-order valence-electron chi connectivity index (χ3n) is 3.22. The predicted molar refractivity (Wildman–Crippen MR) is 82.6 cm³/mol. The minimum Gasteiger partial charge on any atom is -0.494 e. The predicted octanol–water partition coefficient (Wildman–Crippen LogP) is 2.26. The molecule has 2 rings (SSSR count). The van der Waals surface area contributed by atoms with Crippen molar-refractivity contribution in [3.63, 3.8) is 0 Å². The highest BCUT2D eigenvalue weighted by molar-refractivity contribution is 5.70. The van der Waals surface area contributed by atoms with E-state index in [0.717, 1.165) is 5.56 Å². The molecule has 5 nitrogen and oxygen atoms in total. The van der Waals surface area contributed by atoms with Crippen molar-refractivity contribution in [3.8, 4) is 17.0 Å². The number of benzene rings is 1. The number of aryl methyl sites for hydroxylation is 1. The van der Waals surface area contributed by atoms with Crippen molar-refractivity contribution in [3.05, 3.63) is 50.7 Å².